The van der Waals surface area contributed by atoms with Crippen LogP contribution in [-0.2, 0) is 4.74 Å². The van der Waals surface area contributed by atoms with Crippen molar-refractivity contribution in [3.05, 3.63) is 26.0 Å². The Morgan fingerprint density at radius 1 is 1.69 bits per heavy atom. The van der Waals surface area contributed by atoms with Gasteiger partial charge in [-0.3, -0.25) is 4.98 Å². The van der Waals surface area contributed by atoms with Crippen LogP contribution in [0, 0.1) is 10.5 Å². The van der Waals surface area contributed by atoms with E-state index in [-0.39, 0.29) is 0 Å². The maximum Gasteiger partial charge on any atom is 0.340 e. The number of esters is 1. The normalized spacial score (nSPS) is 9.85. The van der Waals surface area contributed by atoms with Gasteiger partial charge < -0.3 is 4.74 Å². The van der Waals surface area contributed by atoms with Gasteiger partial charge in [0.25, 0.3) is 0 Å². The zero-order chi connectivity index (χ0) is 10.0. The molecule has 1 rings (SSSR count). The van der Waals surface area contributed by atoms with E-state index in [0.29, 0.717) is 10.6 Å². The Bertz CT molecular complexity index is 354. The molecule has 0 atom stereocenters. The Morgan fingerprint density at radius 2 is 2.31 bits per heavy atom. The monoisotopic (exact) mass is 311 g/mol. The summed E-state index contributed by atoms with van der Waals surface area (Å²) in [6, 6.07) is 0. The molecule has 0 spiro atoms. The highest BCUT2D eigenvalue weighted by molar-refractivity contribution is 14.1. The van der Waals surface area contributed by atoms with E-state index in [9.17, 15) is 4.79 Å². The minimum atomic E-state index is -0.463. The zero-order valence-corrected chi connectivity index (χ0v) is 10.0. The molecule has 0 radical (unpaired) electrons. The molecular formula is C8H7ClINO2. The van der Waals surface area contributed by atoms with Gasteiger partial charge in [-0.15, -0.1) is 0 Å². The van der Waals surface area contributed by atoms with Crippen LogP contribution in [0.4, 0.5) is 0 Å². The van der Waals surface area contributed by atoms with Crippen molar-refractivity contribution in [3.8, 4) is 0 Å². The minimum absolute atomic E-state index is 0.305. The van der Waals surface area contributed by atoms with E-state index in [4.69, 9.17) is 11.6 Å². The second kappa shape index (κ2) is 4.23. The van der Waals surface area contributed by atoms with E-state index in [1.165, 1.54) is 13.3 Å². The lowest BCUT2D eigenvalue weighted by Crippen LogP contribution is -2.05. The lowest BCUT2D eigenvalue weighted by atomic mass is 10.2. The summed E-state index contributed by atoms with van der Waals surface area (Å²) in [4.78, 5) is 15.2. The van der Waals surface area contributed by atoms with Gasteiger partial charge in [-0.2, -0.15) is 0 Å². The fraction of sp³-hybridized carbons (Fsp3) is 0.250. The molecule has 0 aliphatic heterocycles. The van der Waals surface area contributed by atoms with Crippen molar-refractivity contribution in [2.45, 2.75) is 6.92 Å². The van der Waals surface area contributed by atoms with Gasteiger partial charge in [-0.1, -0.05) is 11.6 Å². The van der Waals surface area contributed by atoms with Gasteiger partial charge in [-0.25, -0.2) is 4.79 Å². The summed E-state index contributed by atoms with van der Waals surface area (Å²) in [7, 11) is 1.31. The lowest BCUT2D eigenvalue weighted by Gasteiger charge is -2.04. The summed E-state index contributed by atoms with van der Waals surface area (Å²) in [6.45, 7) is 1.83. The van der Waals surface area contributed by atoms with Crippen LogP contribution in [0.2, 0.25) is 5.02 Å². The summed E-state index contributed by atoms with van der Waals surface area (Å²) in [5.74, 6) is -0.463. The number of rotatable bonds is 1. The lowest BCUT2D eigenvalue weighted by molar-refractivity contribution is 0.0600. The molecule has 0 aromatic carbocycles. The smallest absolute Gasteiger partial charge is 0.340 e. The number of ether oxygens (including phenoxy) is 1. The molecule has 0 aliphatic carbocycles. The fourth-order valence-corrected chi connectivity index (χ4v) is 1.50. The number of methoxy groups -OCH3 is 1. The molecule has 0 amide bonds. The number of hydrogen-bond acceptors (Lipinski definition) is 3. The average molecular weight is 312 g/mol. The molecule has 0 saturated carbocycles. The topological polar surface area (TPSA) is 39.2 Å². The average Bonchev–Trinajstić information content (AvgIpc) is 2.13. The first-order valence-corrected chi connectivity index (χ1v) is 4.92. The van der Waals surface area contributed by atoms with Crippen LogP contribution in [0.15, 0.2) is 6.20 Å². The summed E-state index contributed by atoms with van der Waals surface area (Å²) >= 11 is 7.97. The van der Waals surface area contributed by atoms with Gasteiger partial charge in [-0.05, 0) is 29.5 Å². The first-order valence-electron chi connectivity index (χ1n) is 3.46. The highest BCUT2D eigenvalue weighted by Gasteiger charge is 2.14. The maximum atomic E-state index is 11.1. The van der Waals surface area contributed by atoms with E-state index in [2.05, 4.69) is 9.72 Å². The van der Waals surface area contributed by atoms with E-state index >= 15 is 0 Å². The van der Waals surface area contributed by atoms with Crippen LogP contribution in [0.5, 0.6) is 0 Å². The molecule has 3 nitrogen and oxygen atoms in total. The molecule has 0 saturated heterocycles. The number of aryl methyl sites for hydroxylation is 1. The number of aromatic nitrogens is 1. The second-order valence-corrected chi connectivity index (χ2v) is 3.83. The van der Waals surface area contributed by atoms with Crippen LogP contribution < -0.4 is 0 Å². The third kappa shape index (κ3) is 2.11. The van der Waals surface area contributed by atoms with Crippen molar-refractivity contribution in [1.29, 1.82) is 0 Å². The van der Waals surface area contributed by atoms with Crippen LogP contribution in [-0.4, -0.2) is 18.1 Å². The number of halogens is 2. The number of carbonyl (C=O) groups is 1. The molecule has 1 heterocycles. The van der Waals surface area contributed by atoms with E-state index in [1.54, 1.807) is 0 Å². The Morgan fingerprint density at radius 3 is 2.85 bits per heavy atom. The largest absolute Gasteiger partial charge is 0.465 e. The third-order valence-electron chi connectivity index (χ3n) is 1.54. The molecule has 1 aromatic heterocycles. The Balaban J connectivity index is 3.26. The SMILES string of the molecule is COC(=O)c1cnc(C)c(I)c1Cl. The minimum Gasteiger partial charge on any atom is -0.465 e. The van der Waals surface area contributed by atoms with Crippen molar-refractivity contribution in [2.24, 2.45) is 0 Å². The molecule has 1 aromatic rings. The highest BCUT2D eigenvalue weighted by Crippen LogP contribution is 2.24. The molecule has 0 unspecified atom stereocenters. The van der Waals surface area contributed by atoms with E-state index in [1.807, 2.05) is 29.5 Å². The van der Waals surface area contributed by atoms with Crippen LogP contribution in [0.25, 0.3) is 0 Å². The van der Waals surface area contributed by atoms with Crippen molar-refractivity contribution in [1.82, 2.24) is 4.98 Å². The Labute approximate surface area is 94.6 Å². The van der Waals surface area contributed by atoms with Crippen LogP contribution in [0.1, 0.15) is 16.1 Å². The maximum absolute atomic E-state index is 11.1. The fourth-order valence-electron chi connectivity index (χ4n) is 0.804. The first-order chi connectivity index (χ1) is 6.07. The zero-order valence-electron chi connectivity index (χ0n) is 7.10. The molecule has 0 bridgehead atoms. The Hall–Kier alpha value is -0.360. The molecule has 13 heavy (non-hydrogen) atoms. The molecule has 0 fully saturated rings. The van der Waals surface area contributed by atoms with Gasteiger partial charge in [0.2, 0.25) is 0 Å². The van der Waals surface area contributed by atoms with Crippen molar-refractivity contribution in [3.63, 3.8) is 0 Å². The Kier molecular flexibility index (Phi) is 3.49. The van der Waals surface area contributed by atoms with Gasteiger partial charge in [0.15, 0.2) is 0 Å². The number of hydrogen-bond donors (Lipinski definition) is 0. The summed E-state index contributed by atoms with van der Waals surface area (Å²) in [5, 5.41) is 0.403. The molecule has 5 heteroatoms. The van der Waals surface area contributed by atoms with Gasteiger partial charge in [0, 0.05) is 6.20 Å². The van der Waals surface area contributed by atoms with Crippen molar-refractivity contribution >= 4 is 40.2 Å². The van der Waals surface area contributed by atoms with Gasteiger partial charge >= 0.3 is 5.97 Å². The van der Waals surface area contributed by atoms with Crippen LogP contribution >= 0.6 is 34.2 Å². The molecular weight excluding hydrogens is 304 g/mol. The van der Waals surface area contributed by atoms with Crippen molar-refractivity contribution < 1.29 is 9.53 Å². The first kappa shape index (κ1) is 10.7. The highest BCUT2D eigenvalue weighted by atomic mass is 127. The standard InChI is InChI=1S/C8H7ClINO2/c1-4-7(10)6(9)5(3-11-4)8(12)13-2/h3H,1-2H3. The predicted molar refractivity (Wildman–Crippen MR) is 58.0 cm³/mol. The number of pyridine rings is 1. The summed E-state index contributed by atoms with van der Waals surface area (Å²) in [5.41, 5.74) is 1.11. The van der Waals surface area contributed by atoms with Gasteiger partial charge in [0.05, 0.1) is 27.0 Å². The second-order valence-electron chi connectivity index (χ2n) is 2.38. The van der Waals surface area contributed by atoms with Crippen LogP contribution in [0.3, 0.4) is 0 Å². The van der Waals surface area contributed by atoms with E-state index < -0.39 is 5.97 Å². The summed E-state index contributed by atoms with van der Waals surface area (Å²) < 4.78 is 5.33. The quantitative estimate of drug-likeness (QED) is 0.591. The number of carbonyl (C=O) groups excluding carboxylic acids is 1. The third-order valence-corrected chi connectivity index (χ3v) is 3.57. The van der Waals surface area contributed by atoms with Gasteiger partial charge in [0.1, 0.15) is 0 Å². The molecule has 70 valence electrons. The molecule has 0 aliphatic rings. The molecule has 0 N–H and O–H groups in total. The predicted octanol–water partition coefficient (Wildman–Crippen LogP) is 2.43. The summed E-state index contributed by atoms with van der Waals surface area (Å²) in [6.07, 6.45) is 1.42. The number of nitrogens with zero attached hydrogens (tertiary/aromatic N) is 1. The van der Waals surface area contributed by atoms with Crippen molar-refractivity contribution in [2.75, 3.05) is 7.11 Å². The van der Waals surface area contributed by atoms with E-state index in [0.717, 1.165) is 9.26 Å².